The van der Waals surface area contributed by atoms with E-state index < -0.39 is 0 Å². The second-order valence-corrected chi connectivity index (χ2v) is 4.24. The zero-order valence-electron chi connectivity index (χ0n) is 8.25. The van der Waals surface area contributed by atoms with Crippen molar-refractivity contribution in [3.05, 3.63) is 0 Å². The van der Waals surface area contributed by atoms with Crippen LogP contribution in [0.4, 0.5) is 0 Å². The van der Waals surface area contributed by atoms with Gasteiger partial charge in [-0.25, -0.2) is 0 Å². The van der Waals surface area contributed by atoms with Gasteiger partial charge in [-0.3, -0.25) is 0 Å². The standard InChI is InChI=1S/C10H18O3/c1-10(8-13-10)7-11-6-9-4-2-3-5-12-9/h9H,2-8H2,1H3. The van der Waals surface area contributed by atoms with Gasteiger partial charge in [0.1, 0.15) is 5.60 Å². The highest BCUT2D eigenvalue weighted by Crippen LogP contribution is 2.26. The fraction of sp³-hybridized carbons (Fsp3) is 1.00. The second-order valence-electron chi connectivity index (χ2n) is 4.24. The molecule has 2 saturated heterocycles. The van der Waals surface area contributed by atoms with Crippen molar-refractivity contribution in [1.29, 1.82) is 0 Å². The number of hydrogen-bond acceptors (Lipinski definition) is 3. The average molecular weight is 186 g/mol. The molecule has 0 aromatic rings. The number of epoxide rings is 1. The molecule has 76 valence electrons. The van der Waals surface area contributed by atoms with Crippen LogP contribution in [0, 0.1) is 0 Å². The van der Waals surface area contributed by atoms with Gasteiger partial charge in [0, 0.05) is 6.61 Å². The zero-order valence-corrected chi connectivity index (χ0v) is 8.25. The van der Waals surface area contributed by atoms with Crippen LogP contribution in [-0.4, -0.2) is 38.1 Å². The molecule has 2 aliphatic heterocycles. The highest BCUT2D eigenvalue weighted by molar-refractivity contribution is 4.86. The van der Waals surface area contributed by atoms with Gasteiger partial charge < -0.3 is 14.2 Å². The first kappa shape index (κ1) is 9.44. The zero-order chi connectivity index (χ0) is 9.15. The maximum atomic E-state index is 5.55. The van der Waals surface area contributed by atoms with Crippen LogP contribution in [0.5, 0.6) is 0 Å². The van der Waals surface area contributed by atoms with Gasteiger partial charge in [0.15, 0.2) is 0 Å². The van der Waals surface area contributed by atoms with Crippen molar-refractivity contribution < 1.29 is 14.2 Å². The number of hydrogen-bond donors (Lipinski definition) is 0. The third-order valence-electron chi connectivity index (χ3n) is 2.62. The highest BCUT2D eigenvalue weighted by Gasteiger charge is 2.39. The molecule has 0 bridgehead atoms. The van der Waals surface area contributed by atoms with Crippen LogP contribution in [0.3, 0.4) is 0 Å². The Labute approximate surface area is 79.4 Å². The summed E-state index contributed by atoms with van der Waals surface area (Å²) in [5.41, 5.74) is 0.0225. The van der Waals surface area contributed by atoms with Crippen molar-refractivity contribution in [2.75, 3.05) is 26.4 Å². The van der Waals surface area contributed by atoms with Crippen molar-refractivity contribution >= 4 is 0 Å². The summed E-state index contributed by atoms with van der Waals surface area (Å²) in [6.45, 7) is 5.28. The summed E-state index contributed by atoms with van der Waals surface area (Å²) in [5.74, 6) is 0. The minimum Gasteiger partial charge on any atom is -0.376 e. The van der Waals surface area contributed by atoms with E-state index in [1.54, 1.807) is 0 Å². The van der Waals surface area contributed by atoms with Gasteiger partial charge in [-0.05, 0) is 26.2 Å². The first-order chi connectivity index (χ1) is 6.29. The maximum absolute atomic E-state index is 5.55. The number of ether oxygens (including phenoxy) is 3. The highest BCUT2D eigenvalue weighted by atomic mass is 16.6. The molecule has 2 unspecified atom stereocenters. The molecule has 0 aromatic carbocycles. The number of rotatable bonds is 4. The van der Waals surface area contributed by atoms with Gasteiger partial charge in [-0.15, -0.1) is 0 Å². The molecule has 2 heterocycles. The molecule has 0 aromatic heterocycles. The summed E-state index contributed by atoms with van der Waals surface area (Å²) in [5, 5.41) is 0. The van der Waals surface area contributed by atoms with E-state index in [1.807, 2.05) is 0 Å². The van der Waals surface area contributed by atoms with Crippen LogP contribution in [0.2, 0.25) is 0 Å². The van der Waals surface area contributed by atoms with E-state index in [-0.39, 0.29) is 5.60 Å². The van der Waals surface area contributed by atoms with E-state index in [4.69, 9.17) is 14.2 Å². The van der Waals surface area contributed by atoms with Crippen molar-refractivity contribution in [1.82, 2.24) is 0 Å². The van der Waals surface area contributed by atoms with E-state index in [9.17, 15) is 0 Å². The van der Waals surface area contributed by atoms with E-state index in [1.165, 1.54) is 12.8 Å². The molecule has 0 radical (unpaired) electrons. The summed E-state index contributed by atoms with van der Waals surface area (Å²) in [6, 6.07) is 0. The Balaban J connectivity index is 1.56. The molecule has 2 atom stereocenters. The summed E-state index contributed by atoms with van der Waals surface area (Å²) in [7, 11) is 0. The normalized spacial score (nSPS) is 39.0. The lowest BCUT2D eigenvalue weighted by Crippen LogP contribution is -2.26. The van der Waals surface area contributed by atoms with Gasteiger partial charge in [0.05, 0.1) is 25.9 Å². The summed E-state index contributed by atoms with van der Waals surface area (Å²) < 4.78 is 16.3. The third kappa shape index (κ3) is 2.93. The Bertz CT molecular complexity index is 160. The average Bonchev–Trinajstić information content (AvgIpc) is 2.86. The first-order valence-corrected chi connectivity index (χ1v) is 5.12. The van der Waals surface area contributed by atoms with Crippen molar-refractivity contribution in [3.8, 4) is 0 Å². The SMILES string of the molecule is CC1(COCC2CCCCO2)CO1. The van der Waals surface area contributed by atoms with Crippen LogP contribution in [0.15, 0.2) is 0 Å². The topological polar surface area (TPSA) is 31.0 Å². The van der Waals surface area contributed by atoms with E-state index in [0.29, 0.717) is 12.7 Å². The fourth-order valence-electron chi connectivity index (χ4n) is 1.55. The second kappa shape index (κ2) is 3.95. The monoisotopic (exact) mass is 186 g/mol. The van der Waals surface area contributed by atoms with Crippen LogP contribution >= 0.6 is 0 Å². The minimum absolute atomic E-state index is 0.0225. The Morgan fingerprint density at radius 2 is 2.31 bits per heavy atom. The predicted molar refractivity (Wildman–Crippen MR) is 48.8 cm³/mol. The van der Waals surface area contributed by atoms with Crippen LogP contribution in [-0.2, 0) is 14.2 Å². The molecule has 0 amide bonds. The minimum atomic E-state index is 0.0225. The van der Waals surface area contributed by atoms with Gasteiger partial charge in [0.2, 0.25) is 0 Å². The molecular formula is C10H18O3. The maximum Gasteiger partial charge on any atom is 0.112 e. The van der Waals surface area contributed by atoms with E-state index in [0.717, 1.165) is 26.2 Å². The molecule has 0 aliphatic carbocycles. The summed E-state index contributed by atoms with van der Waals surface area (Å²) in [6.07, 6.45) is 3.97. The Kier molecular flexibility index (Phi) is 2.86. The molecule has 0 saturated carbocycles. The third-order valence-corrected chi connectivity index (χ3v) is 2.62. The Hall–Kier alpha value is -0.120. The lowest BCUT2D eigenvalue weighted by molar-refractivity contribution is -0.0482. The van der Waals surface area contributed by atoms with Crippen molar-refractivity contribution in [2.24, 2.45) is 0 Å². The largest absolute Gasteiger partial charge is 0.376 e. The van der Waals surface area contributed by atoms with E-state index >= 15 is 0 Å². The molecule has 3 nitrogen and oxygen atoms in total. The molecule has 13 heavy (non-hydrogen) atoms. The van der Waals surface area contributed by atoms with Crippen molar-refractivity contribution in [3.63, 3.8) is 0 Å². The first-order valence-electron chi connectivity index (χ1n) is 5.12. The lowest BCUT2D eigenvalue weighted by atomic mass is 10.1. The van der Waals surface area contributed by atoms with E-state index in [2.05, 4.69) is 6.92 Å². The van der Waals surface area contributed by atoms with Crippen LogP contribution < -0.4 is 0 Å². The Morgan fingerprint density at radius 3 is 2.92 bits per heavy atom. The summed E-state index contributed by atoms with van der Waals surface area (Å²) >= 11 is 0. The molecular weight excluding hydrogens is 168 g/mol. The molecule has 2 fully saturated rings. The molecule has 2 aliphatic rings. The molecule has 0 spiro atoms. The fourth-order valence-corrected chi connectivity index (χ4v) is 1.55. The Morgan fingerprint density at radius 1 is 1.46 bits per heavy atom. The summed E-state index contributed by atoms with van der Waals surface area (Å²) in [4.78, 5) is 0. The molecule has 0 N–H and O–H groups in total. The van der Waals surface area contributed by atoms with Gasteiger partial charge in [-0.2, -0.15) is 0 Å². The van der Waals surface area contributed by atoms with Crippen molar-refractivity contribution in [2.45, 2.75) is 37.9 Å². The quantitative estimate of drug-likeness (QED) is 0.621. The van der Waals surface area contributed by atoms with Gasteiger partial charge in [0.25, 0.3) is 0 Å². The van der Waals surface area contributed by atoms with Crippen LogP contribution in [0.1, 0.15) is 26.2 Å². The predicted octanol–water partition coefficient (Wildman–Crippen LogP) is 1.36. The smallest absolute Gasteiger partial charge is 0.112 e. The van der Waals surface area contributed by atoms with Gasteiger partial charge in [-0.1, -0.05) is 0 Å². The molecule has 2 rings (SSSR count). The van der Waals surface area contributed by atoms with Crippen LogP contribution in [0.25, 0.3) is 0 Å². The molecule has 3 heteroatoms. The lowest BCUT2D eigenvalue weighted by Gasteiger charge is -2.22. The van der Waals surface area contributed by atoms with Gasteiger partial charge >= 0.3 is 0 Å².